The van der Waals surface area contributed by atoms with Gasteiger partial charge in [0.2, 0.25) is 0 Å². The molecule has 1 saturated heterocycles. The lowest BCUT2D eigenvalue weighted by Gasteiger charge is -2.05. The molecule has 0 aromatic rings. The van der Waals surface area contributed by atoms with E-state index in [0.29, 0.717) is 0 Å². The van der Waals surface area contributed by atoms with Gasteiger partial charge in [-0.15, -0.1) is 0 Å². The maximum atomic E-state index is 5.67. The van der Waals surface area contributed by atoms with E-state index in [2.05, 4.69) is 19.9 Å². The second-order valence-electron chi connectivity index (χ2n) is 3.85. The maximum Gasteiger partial charge on any atom is 0.177 e. The average molecular weight is 222 g/mol. The molecule has 0 spiro atoms. The van der Waals surface area contributed by atoms with E-state index < -0.39 is 0 Å². The Labute approximate surface area is 98.6 Å². The molecule has 1 heterocycles. The van der Waals surface area contributed by atoms with Gasteiger partial charge in [-0.2, -0.15) is 0 Å². The predicted molar refractivity (Wildman–Crippen MR) is 67.2 cm³/mol. The quantitative estimate of drug-likeness (QED) is 0.639. The van der Waals surface area contributed by atoms with Gasteiger partial charge in [0.1, 0.15) is 0 Å². The number of hydrogen-bond donors (Lipinski definition) is 0. The number of hydrogen-bond acceptors (Lipinski definition) is 2. The van der Waals surface area contributed by atoms with Gasteiger partial charge >= 0.3 is 0 Å². The van der Waals surface area contributed by atoms with Crippen LogP contribution in [-0.4, -0.2) is 19.0 Å². The van der Waals surface area contributed by atoms with Gasteiger partial charge in [-0.25, -0.2) is 0 Å². The topological polar surface area (TPSA) is 18.5 Å². The Morgan fingerprint density at radius 3 is 2.69 bits per heavy atom. The molecule has 0 bridgehead atoms. The first kappa shape index (κ1) is 13.2. The summed E-state index contributed by atoms with van der Waals surface area (Å²) in [5.41, 5.74) is 0. The van der Waals surface area contributed by atoms with Crippen molar-refractivity contribution in [2.75, 3.05) is 6.61 Å². The Bertz CT molecular complexity index is 253. The summed E-state index contributed by atoms with van der Waals surface area (Å²) in [6, 6.07) is 0. The first-order valence-electron chi connectivity index (χ1n) is 6.13. The van der Waals surface area contributed by atoms with E-state index in [9.17, 15) is 0 Å². The fourth-order valence-electron chi connectivity index (χ4n) is 1.54. The molecule has 1 aliphatic heterocycles. The molecule has 1 aliphatic rings. The summed E-state index contributed by atoms with van der Waals surface area (Å²) in [6.45, 7) is 5.01. The smallest absolute Gasteiger partial charge is 0.177 e. The van der Waals surface area contributed by atoms with Crippen LogP contribution < -0.4 is 0 Å². The molecule has 0 aliphatic carbocycles. The van der Waals surface area contributed by atoms with Gasteiger partial charge in [0.05, 0.1) is 12.7 Å². The molecule has 2 unspecified atom stereocenters. The van der Waals surface area contributed by atoms with Crippen molar-refractivity contribution in [3.63, 3.8) is 0 Å². The first-order chi connectivity index (χ1) is 7.86. The van der Waals surface area contributed by atoms with Crippen LogP contribution in [-0.2, 0) is 9.47 Å². The lowest BCUT2D eigenvalue weighted by molar-refractivity contribution is -0.0208. The zero-order valence-electron chi connectivity index (χ0n) is 10.3. The Morgan fingerprint density at radius 1 is 1.12 bits per heavy atom. The molecular weight excluding hydrogens is 200 g/mol. The van der Waals surface area contributed by atoms with Crippen molar-refractivity contribution in [1.82, 2.24) is 0 Å². The zero-order chi connectivity index (χ0) is 11.6. The van der Waals surface area contributed by atoms with Gasteiger partial charge in [0.25, 0.3) is 0 Å². The van der Waals surface area contributed by atoms with Crippen molar-refractivity contribution < 1.29 is 9.47 Å². The van der Waals surface area contributed by atoms with Crippen LogP contribution in [0.15, 0.2) is 36.5 Å². The summed E-state index contributed by atoms with van der Waals surface area (Å²) in [5, 5.41) is 0. The van der Waals surface area contributed by atoms with Gasteiger partial charge in [-0.1, -0.05) is 50.6 Å². The molecule has 0 saturated carbocycles. The van der Waals surface area contributed by atoms with Gasteiger partial charge in [0, 0.05) is 0 Å². The Hall–Kier alpha value is -0.860. The van der Waals surface area contributed by atoms with Crippen LogP contribution in [0.1, 0.15) is 33.1 Å². The summed E-state index contributed by atoms with van der Waals surface area (Å²) >= 11 is 0. The molecular formula is C14H22O2. The summed E-state index contributed by atoms with van der Waals surface area (Å²) in [5.74, 6) is 0. The van der Waals surface area contributed by atoms with Crippen molar-refractivity contribution in [2.24, 2.45) is 0 Å². The van der Waals surface area contributed by atoms with E-state index >= 15 is 0 Å². The van der Waals surface area contributed by atoms with Gasteiger partial charge in [-0.05, 0) is 18.9 Å². The van der Waals surface area contributed by atoms with Crippen LogP contribution in [0.5, 0.6) is 0 Å². The van der Waals surface area contributed by atoms with Crippen molar-refractivity contribution in [2.45, 2.75) is 45.5 Å². The highest BCUT2D eigenvalue weighted by Crippen LogP contribution is 2.16. The van der Waals surface area contributed by atoms with Crippen molar-refractivity contribution in [3.8, 4) is 0 Å². The SMILES string of the molecule is CC\C=C/C=C\C=C\C1OCC(CCC)O1. The third-order valence-corrected chi connectivity index (χ3v) is 2.36. The van der Waals surface area contributed by atoms with Gasteiger partial charge < -0.3 is 9.47 Å². The number of rotatable bonds is 6. The highest BCUT2D eigenvalue weighted by atomic mass is 16.7. The van der Waals surface area contributed by atoms with Gasteiger partial charge in [-0.3, -0.25) is 0 Å². The molecule has 2 atom stereocenters. The van der Waals surface area contributed by atoms with Crippen LogP contribution in [0.2, 0.25) is 0 Å². The third-order valence-electron chi connectivity index (χ3n) is 2.36. The number of ether oxygens (including phenoxy) is 2. The molecule has 0 radical (unpaired) electrons. The van der Waals surface area contributed by atoms with Crippen LogP contribution in [0.4, 0.5) is 0 Å². The average Bonchev–Trinajstić information content (AvgIpc) is 2.72. The summed E-state index contributed by atoms with van der Waals surface area (Å²) in [7, 11) is 0. The van der Waals surface area contributed by atoms with Gasteiger partial charge in [0.15, 0.2) is 6.29 Å². The third kappa shape index (κ3) is 5.29. The van der Waals surface area contributed by atoms with Crippen LogP contribution in [0, 0.1) is 0 Å². The Balaban J connectivity index is 2.20. The molecule has 2 heteroatoms. The van der Waals surface area contributed by atoms with Crippen molar-refractivity contribution in [3.05, 3.63) is 36.5 Å². The molecule has 0 aromatic carbocycles. The Morgan fingerprint density at radius 2 is 1.94 bits per heavy atom. The fraction of sp³-hybridized carbons (Fsp3) is 0.571. The van der Waals surface area contributed by atoms with Crippen molar-refractivity contribution in [1.29, 1.82) is 0 Å². The standard InChI is InChI=1S/C14H22O2/c1-3-5-6-7-8-9-11-14-15-12-13(16-14)10-4-2/h5-9,11,13-14H,3-4,10,12H2,1-2H3/b6-5-,8-7-,11-9+. The lowest BCUT2D eigenvalue weighted by atomic mass is 10.2. The van der Waals surface area contributed by atoms with Crippen LogP contribution in [0.3, 0.4) is 0 Å². The minimum atomic E-state index is -0.156. The van der Waals surface area contributed by atoms with E-state index in [0.717, 1.165) is 25.9 Å². The van der Waals surface area contributed by atoms with E-state index in [1.807, 2.05) is 30.4 Å². The lowest BCUT2D eigenvalue weighted by Crippen LogP contribution is -2.10. The second kappa shape index (κ2) is 8.31. The first-order valence-corrected chi connectivity index (χ1v) is 6.13. The van der Waals surface area contributed by atoms with E-state index in [-0.39, 0.29) is 12.4 Å². The summed E-state index contributed by atoms with van der Waals surface area (Å²) < 4.78 is 11.2. The minimum absolute atomic E-state index is 0.156. The summed E-state index contributed by atoms with van der Waals surface area (Å²) in [4.78, 5) is 0. The highest BCUT2D eigenvalue weighted by Gasteiger charge is 2.22. The van der Waals surface area contributed by atoms with E-state index in [4.69, 9.17) is 9.47 Å². The van der Waals surface area contributed by atoms with E-state index in [1.165, 1.54) is 0 Å². The molecule has 1 rings (SSSR count). The second-order valence-corrected chi connectivity index (χ2v) is 3.85. The molecule has 0 N–H and O–H groups in total. The minimum Gasteiger partial charge on any atom is -0.346 e. The highest BCUT2D eigenvalue weighted by molar-refractivity contribution is 5.11. The predicted octanol–water partition coefficient (Wildman–Crippen LogP) is 3.61. The molecule has 0 amide bonds. The maximum absolute atomic E-state index is 5.67. The van der Waals surface area contributed by atoms with Crippen LogP contribution in [0.25, 0.3) is 0 Å². The normalized spacial score (nSPS) is 26.6. The molecule has 16 heavy (non-hydrogen) atoms. The molecule has 90 valence electrons. The molecule has 0 aromatic heterocycles. The van der Waals surface area contributed by atoms with Crippen molar-refractivity contribution >= 4 is 0 Å². The Kier molecular flexibility index (Phi) is 6.86. The van der Waals surface area contributed by atoms with Crippen LogP contribution >= 0.6 is 0 Å². The zero-order valence-corrected chi connectivity index (χ0v) is 10.3. The number of allylic oxidation sites excluding steroid dienone is 5. The monoisotopic (exact) mass is 222 g/mol. The molecule has 1 fully saturated rings. The summed E-state index contributed by atoms with van der Waals surface area (Å²) in [6.07, 6.45) is 15.5. The fourth-order valence-corrected chi connectivity index (χ4v) is 1.54. The molecule has 2 nitrogen and oxygen atoms in total. The largest absolute Gasteiger partial charge is 0.346 e. The van der Waals surface area contributed by atoms with E-state index in [1.54, 1.807) is 0 Å².